The fraction of sp³-hybridized carbons (Fsp3) is 0. The third-order valence-electron chi connectivity index (χ3n) is 5.09. The fourth-order valence-electron chi connectivity index (χ4n) is 3.87. The van der Waals surface area contributed by atoms with Crippen molar-refractivity contribution in [1.29, 1.82) is 0 Å². The molecule has 0 fully saturated rings. The summed E-state index contributed by atoms with van der Waals surface area (Å²) >= 11 is 1.87. The molecule has 122 valence electrons. The zero-order chi connectivity index (χ0) is 17.1. The minimum absolute atomic E-state index is 0.943. The molecule has 0 saturated heterocycles. The predicted molar refractivity (Wildman–Crippen MR) is 112 cm³/mol. The van der Waals surface area contributed by atoms with Crippen molar-refractivity contribution in [1.82, 2.24) is 0 Å². The molecule has 0 aliphatic carbocycles. The smallest absolute Gasteiger partial charge is 0.135 e. The number of furan rings is 1. The van der Waals surface area contributed by atoms with Gasteiger partial charge in [0.1, 0.15) is 11.2 Å². The second-order valence-electron chi connectivity index (χ2n) is 6.59. The highest BCUT2D eigenvalue weighted by molar-refractivity contribution is 7.26. The van der Waals surface area contributed by atoms with Crippen LogP contribution in [0.15, 0.2) is 89.3 Å². The molecule has 0 radical (unpaired) electrons. The van der Waals surface area contributed by atoms with E-state index in [1.54, 1.807) is 0 Å². The van der Waals surface area contributed by atoms with Crippen LogP contribution < -0.4 is 0 Å². The van der Waals surface area contributed by atoms with Crippen molar-refractivity contribution in [2.75, 3.05) is 0 Å². The number of para-hydroxylation sites is 1. The highest BCUT2D eigenvalue weighted by Crippen LogP contribution is 2.41. The van der Waals surface area contributed by atoms with E-state index in [9.17, 15) is 0 Å². The summed E-state index contributed by atoms with van der Waals surface area (Å²) in [5.74, 6) is 0. The molecule has 0 aliphatic heterocycles. The molecule has 6 aromatic rings. The quantitative estimate of drug-likeness (QED) is 0.297. The molecule has 0 aliphatic rings. The number of rotatable bonds is 1. The van der Waals surface area contributed by atoms with Crippen LogP contribution in [-0.4, -0.2) is 0 Å². The van der Waals surface area contributed by atoms with E-state index in [2.05, 4.69) is 72.8 Å². The van der Waals surface area contributed by atoms with Gasteiger partial charge >= 0.3 is 0 Å². The van der Waals surface area contributed by atoms with Crippen LogP contribution >= 0.6 is 11.3 Å². The maximum Gasteiger partial charge on any atom is 0.135 e. The highest BCUT2D eigenvalue weighted by Gasteiger charge is 2.12. The topological polar surface area (TPSA) is 13.1 Å². The van der Waals surface area contributed by atoms with Gasteiger partial charge in [-0.3, -0.25) is 0 Å². The minimum atomic E-state index is 0.943. The van der Waals surface area contributed by atoms with Crippen molar-refractivity contribution >= 4 is 53.4 Å². The summed E-state index contributed by atoms with van der Waals surface area (Å²) in [6.45, 7) is 0. The van der Waals surface area contributed by atoms with E-state index in [4.69, 9.17) is 4.42 Å². The Morgan fingerprint density at radius 2 is 1.35 bits per heavy atom. The van der Waals surface area contributed by atoms with E-state index < -0.39 is 0 Å². The molecule has 2 heterocycles. The van der Waals surface area contributed by atoms with Crippen molar-refractivity contribution in [3.05, 3.63) is 84.9 Å². The Hall–Kier alpha value is -3.10. The van der Waals surface area contributed by atoms with Gasteiger partial charge in [-0.25, -0.2) is 0 Å². The maximum absolute atomic E-state index is 5.98. The number of hydrogen-bond acceptors (Lipinski definition) is 2. The molecule has 0 bridgehead atoms. The molecule has 0 amide bonds. The molecule has 0 saturated carbocycles. The molecule has 0 spiro atoms. The van der Waals surface area contributed by atoms with Crippen molar-refractivity contribution in [3.63, 3.8) is 0 Å². The van der Waals surface area contributed by atoms with Gasteiger partial charge in [0.15, 0.2) is 0 Å². The first kappa shape index (κ1) is 14.1. The molecule has 2 heteroatoms. The normalized spacial score (nSPS) is 11.8. The van der Waals surface area contributed by atoms with Crippen LogP contribution in [0, 0.1) is 0 Å². The molecular weight excluding hydrogens is 336 g/mol. The molecule has 0 atom stereocenters. The average Bonchev–Trinajstić information content (AvgIpc) is 3.25. The van der Waals surface area contributed by atoms with Gasteiger partial charge in [0.05, 0.1) is 0 Å². The number of benzene rings is 4. The molecule has 1 nitrogen and oxygen atoms in total. The Bertz CT molecular complexity index is 1430. The van der Waals surface area contributed by atoms with Gasteiger partial charge in [0, 0.05) is 30.9 Å². The van der Waals surface area contributed by atoms with Gasteiger partial charge in [-0.05, 0) is 35.4 Å². The van der Waals surface area contributed by atoms with Crippen molar-refractivity contribution in [2.24, 2.45) is 0 Å². The van der Waals surface area contributed by atoms with Crippen LogP contribution in [0.25, 0.3) is 53.2 Å². The summed E-state index contributed by atoms with van der Waals surface area (Å²) in [5.41, 5.74) is 4.41. The molecule has 4 aromatic carbocycles. The lowest BCUT2D eigenvalue weighted by Gasteiger charge is -2.04. The van der Waals surface area contributed by atoms with Gasteiger partial charge < -0.3 is 4.42 Å². The minimum Gasteiger partial charge on any atom is -0.456 e. The molecule has 0 unspecified atom stereocenters. The third kappa shape index (κ3) is 1.91. The summed E-state index contributed by atoms with van der Waals surface area (Å²) in [6.07, 6.45) is 0. The zero-order valence-electron chi connectivity index (χ0n) is 13.9. The Morgan fingerprint density at radius 1 is 0.577 bits per heavy atom. The van der Waals surface area contributed by atoms with Gasteiger partial charge in [0.2, 0.25) is 0 Å². The Kier molecular flexibility index (Phi) is 2.82. The highest BCUT2D eigenvalue weighted by atomic mass is 32.1. The van der Waals surface area contributed by atoms with E-state index in [1.807, 2.05) is 23.5 Å². The summed E-state index contributed by atoms with van der Waals surface area (Å²) < 4.78 is 8.67. The first-order valence-corrected chi connectivity index (χ1v) is 9.52. The second kappa shape index (κ2) is 5.20. The van der Waals surface area contributed by atoms with Crippen molar-refractivity contribution in [2.45, 2.75) is 0 Å². The van der Waals surface area contributed by atoms with E-state index >= 15 is 0 Å². The van der Waals surface area contributed by atoms with Gasteiger partial charge in [0.25, 0.3) is 0 Å². The van der Waals surface area contributed by atoms with Crippen LogP contribution in [0.3, 0.4) is 0 Å². The van der Waals surface area contributed by atoms with E-state index in [0.29, 0.717) is 0 Å². The number of thiophene rings is 1. The van der Waals surface area contributed by atoms with Crippen LogP contribution in [0.2, 0.25) is 0 Å². The second-order valence-corrected chi connectivity index (χ2v) is 7.64. The third-order valence-corrected chi connectivity index (χ3v) is 6.31. The predicted octanol–water partition coefficient (Wildman–Crippen LogP) is 7.62. The lowest BCUT2D eigenvalue weighted by molar-refractivity contribution is 0.669. The summed E-state index contributed by atoms with van der Waals surface area (Å²) in [7, 11) is 0. The molecule has 26 heavy (non-hydrogen) atoms. The first-order chi connectivity index (χ1) is 12.9. The van der Waals surface area contributed by atoms with Crippen LogP contribution in [-0.2, 0) is 0 Å². The SMILES string of the molecule is c1ccc2c(c1)oc1ccc(-c3cccc4c3sc3ccccc34)cc12. The van der Waals surface area contributed by atoms with E-state index in [-0.39, 0.29) is 0 Å². The van der Waals surface area contributed by atoms with Gasteiger partial charge in [-0.15, -0.1) is 11.3 Å². The van der Waals surface area contributed by atoms with E-state index in [1.165, 1.54) is 42.1 Å². The van der Waals surface area contributed by atoms with Crippen molar-refractivity contribution in [3.8, 4) is 11.1 Å². The average molecular weight is 350 g/mol. The summed E-state index contributed by atoms with van der Waals surface area (Å²) in [6, 6.07) is 30.0. The zero-order valence-corrected chi connectivity index (χ0v) is 14.7. The maximum atomic E-state index is 5.98. The largest absolute Gasteiger partial charge is 0.456 e. The molecule has 0 N–H and O–H groups in total. The first-order valence-electron chi connectivity index (χ1n) is 8.70. The van der Waals surface area contributed by atoms with E-state index in [0.717, 1.165) is 11.2 Å². The van der Waals surface area contributed by atoms with Gasteiger partial charge in [-0.1, -0.05) is 60.7 Å². The van der Waals surface area contributed by atoms with Gasteiger partial charge in [-0.2, -0.15) is 0 Å². The Morgan fingerprint density at radius 3 is 2.31 bits per heavy atom. The Labute approximate surface area is 154 Å². The lowest BCUT2D eigenvalue weighted by atomic mass is 10.0. The fourth-order valence-corrected chi connectivity index (χ4v) is 5.11. The van der Waals surface area contributed by atoms with Crippen molar-refractivity contribution < 1.29 is 4.42 Å². The van der Waals surface area contributed by atoms with Crippen LogP contribution in [0.4, 0.5) is 0 Å². The molecule has 2 aromatic heterocycles. The number of fused-ring (bicyclic) bond motifs is 6. The summed E-state index contributed by atoms with van der Waals surface area (Å²) in [4.78, 5) is 0. The Balaban J connectivity index is 1.68. The number of hydrogen-bond donors (Lipinski definition) is 0. The molecule has 6 rings (SSSR count). The lowest BCUT2D eigenvalue weighted by Crippen LogP contribution is -1.78. The van der Waals surface area contributed by atoms with Crippen LogP contribution in [0.1, 0.15) is 0 Å². The standard InChI is InChI=1S/C24H14OS/c1-3-10-21-17(6-1)20-14-15(12-13-22(20)25-21)16-8-5-9-19-18-7-2-4-11-23(18)26-24(16)19/h1-14H. The monoisotopic (exact) mass is 350 g/mol. The summed E-state index contributed by atoms with van der Waals surface area (Å²) in [5, 5.41) is 5.02. The van der Waals surface area contributed by atoms with Crippen LogP contribution in [0.5, 0.6) is 0 Å². The molecular formula is C24H14OS.